The highest BCUT2D eigenvalue weighted by Gasteiger charge is 2.62. The maximum absolute atomic E-state index is 13.5. The second-order valence-corrected chi connectivity index (χ2v) is 11.4. The fourth-order valence-corrected chi connectivity index (χ4v) is 8.64. The van der Waals surface area contributed by atoms with Gasteiger partial charge in [0.25, 0.3) is 0 Å². The summed E-state index contributed by atoms with van der Waals surface area (Å²) in [5.74, 6) is 5.07. The molecule has 0 amide bonds. The average molecular weight is 424 g/mol. The lowest BCUT2D eigenvalue weighted by Crippen LogP contribution is -2.51. The molecule has 4 aliphatic rings. The summed E-state index contributed by atoms with van der Waals surface area (Å²) in [7, 11) is 1.85. The molecule has 4 fully saturated rings. The summed E-state index contributed by atoms with van der Waals surface area (Å²) in [6.07, 6.45) is 13.6. The fraction of sp³-hybridized carbons (Fsp3) is 0.808. The van der Waals surface area contributed by atoms with Crippen LogP contribution in [0.4, 0.5) is 0 Å². The van der Waals surface area contributed by atoms with Gasteiger partial charge in [0.15, 0.2) is 5.78 Å². The minimum atomic E-state index is 0.0267. The van der Waals surface area contributed by atoms with Gasteiger partial charge in [0.2, 0.25) is 0 Å². The number of nitriles is 1. The van der Waals surface area contributed by atoms with E-state index < -0.39 is 0 Å². The van der Waals surface area contributed by atoms with Crippen molar-refractivity contribution in [3.05, 3.63) is 18.0 Å². The van der Waals surface area contributed by atoms with Crippen molar-refractivity contribution in [3.63, 3.8) is 0 Å². The largest absolute Gasteiger partial charge is 0.381 e. The molecule has 0 aliphatic heterocycles. The molecule has 0 aromatic carbocycles. The summed E-state index contributed by atoms with van der Waals surface area (Å²) >= 11 is 0. The molecule has 0 spiro atoms. The Hall–Kier alpha value is -1.67. The second kappa shape index (κ2) is 8.03. The van der Waals surface area contributed by atoms with Crippen LogP contribution in [0.3, 0.4) is 0 Å². The number of fused-ring (bicyclic) bond motifs is 5. The summed E-state index contributed by atoms with van der Waals surface area (Å²) in [6, 6.07) is 2.10. The molecule has 4 aliphatic carbocycles. The Kier molecular flexibility index (Phi) is 5.49. The van der Waals surface area contributed by atoms with Crippen molar-refractivity contribution in [2.75, 3.05) is 7.11 Å². The first-order valence-corrected chi connectivity index (χ1v) is 12.4. The molecule has 0 saturated heterocycles. The SMILES string of the molecule is COC1C[C@H](C(=O)Cn2cc(C#N)cn2)[C@@]2(C)CC[C@H]3C(CC[C@@H]4C[C@@H](C)CC[C@@H]43)C12. The molecule has 168 valence electrons. The molecular formula is C26H37N3O2. The average Bonchev–Trinajstić information content (AvgIpc) is 3.34. The van der Waals surface area contributed by atoms with Crippen molar-refractivity contribution in [2.45, 2.75) is 77.9 Å². The van der Waals surface area contributed by atoms with E-state index in [4.69, 9.17) is 10.00 Å². The summed E-state index contributed by atoms with van der Waals surface area (Å²) in [4.78, 5) is 13.5. The van der Waals surface area contributed by atoms with E-state index in [-0.39, 0.29) is 29.8 Å². The van der Waals surface area contributed by atoms with Gasteiger partial charge in [-0.05, 0) is 85.9 Å². The summed E-state index contributed by atoms with van der Waals surface area (Å²) in [6.45, 7) is 5.09. The van der Waals surface area contributed by atoms with Gasteiger partial charge in [0.05, 0.1) is 24.4 Å². The van der Waals surface area contributed by atoms with Crippen LogP contribution in [-0.4, -0.2) is 28.8 Å². The molecule has 5 nitrogen and oxygen atoms in total. The number of ketones is 1. The van der Waals surface area contributed by atoms with Gasteiger partial charge in [-0.2, -0.15) is 10.4 Å². The Labute approximate surface area is 186 Å². The number of carbonyl (C=O) groups excluding carboxylic acids is 1. The number of nitrogens with zero attached hydrogens (tertiary/aromatic N) is 3. The number of ether oxygens (including phenoxy) is 1. The van der Waals surface area contributed by atoms with E-state index in [0.717, 1.165) is 36.5 Å². The molecule has 3 unspecified atom stereocenters. The molecule has 1 aromatic heterocycles. The molecular weight excluding hydrogens is 386 g/mol. The van der Waals surface area contributed by atoms with Crippen LogP contribution in [0.2, 0.25) is 0 Å². The standard InChI is InChI=1S/C26H37N3O2/c1-16-4-6-19-18(10-16)5-7-21-20(19)8-9-26(2)22(11-24(31-3)25(21)26)23(30)15-29-14-17(12-27)13-28-29/h13-14,16,18-22,24-25H,4-11,15H2,1-3H3/t16-,18+,19-,20+,21?,22+,24?,25?,26+/m0/s1. The molecule has 1 heterocycles. The summed E-state index contributed by atoms with van der Waals surface area (Å²) < 4.78 is 7.72. The number of hydrogen-bond donors (Lipinski definition) is 0. The van der Waals surface area contributed by atoms with E-state index in [1.165, 1.54) is 38.5 Å². The Morgan fingerprint density at radius 3 is 2.77 bits per heavy atom. The fourth-order valence-electron chi connectivity index (χ4n) is 8.64. The highest BCUT2D eigenvalue weighted by molar-refractivity contribution is 5.82. The maximum Gasteiger partial charge on any atom is 0.157 e. The highest BCUT2D eigenvalue weighted by Crippen LogP contribution is 2.65. The third kappa shape index (κ3) is 3.46. The van der Waals surface area contributed by atoms with Gasteiger partial charge in [0, 0.05) is 19.2 Å². The normalized spacial score (nSPS) is 44.1. The molecule has 5 rings (SSSR count). The van der Waals surface area contributed by atoms with E-state index in [1.807, 2.05) is 7.11 Å². The molecule has 9 atom stereocenters. The molecule has 5 heteroatoms. The number of carbonyl (C=O) groups is 1. The van der Waals surface area contributed by atoms with Crippen LogP contribution < -0.4 is 0 Å². The first-order valence-electron chi connectivity index (χ1n) is 12.4. The maximum atomic E-state index is 13.5. The van der Waals surface area contributed by atoms with Gasteiger partial charge in [-0.15, -0.1) is 0 Å². The minimum Gasteiger partial charge on any atom is -0.381 e. The zero-order valence-electron chi connectivity index (χ0n) is 19.3. The topological polar surface area (TPSA) is 67.9 Å². The summed E-state index contributed by atoms with van der Waals surface area (Å²) in [5.41, 5.74) is 0.538. The van der Waals surface area contributed by atoms with Crippen molar-refractivity contribution in [1.29, 1.82) is 5.26 Å². The van der Waals surface area contributed by atoms with Crippen molar-refractivity contribution < 1.29 is 9.53 Å². The Morgan fingerprint density at radius 2 is 2.03 bits per heavy atom. The third-order valence-corrected chi connectivity index (χ3v) is 9.95. The molecule has 0 radical (unpaired) electrons. The van der Waals surface area contributed by atoms with E-state index >= 15 is 0 Å². The van der Waals surface area contributed by atoms with Gasteiger partial charge in [-0.1, -0.05) is 20.3 Å². The first-order chi connectivity index (χ1) is 14.9. The zero-order chi connectivity index (χ0) is 21.8. The lowest BCUT2D eigenvalue weighted by Gasteiger charge is -2.56. The van der Waals surface area contributed by atoms with Crippen LogP contribution in [-0.2, 0) is 16.1 Å². The van der Waals surface area contributed by atoms with Gasteiger partial charge in [-0.3, -0.25) is 9.48 Å². The van der Waals surface area contributed by atoms with Gasteiger partial charge in [-0.25, -0.2) is 0 Å². The lowest BCUT2D eigenvalue weighted by atomic mass is 9.49. The van der Waals surface area contributed by atoms with Crippen LogP contribution in [0.25, 0.3) is 0 Å². The third-order valence-electron chi connectivity index (χ3n) is 9.95. The Morgan fingerprint density at radius 1 is 1.23 bits per heavy atom. The number of rotatable bonds is 4. The second-order valence-electron chi connectivity index (χ2n) is 11.4. The van der Waals surface area contributed by atoms with Crippen molar-refractivity contribution >= 4 is 5.78 Å². The van der Waals surface area contributed by atoms with Crippen LogP contribution >= 0.6 is 0 Å². The summed E-state index contributed by atoms with van der Waals surface area (Å²) in [5, 5.41) is 13.3. The molecule has 31 heavy (non-hydrogen) atoms. The number of hydrogen-bond acceptors (Lipinski definition) is 4. The zero-order valence-corrected chi connectivity index (χ0v) is 19.3. The molecule has 1 aromatic rings. The molecule has 0 N–H and O–H groups in total. The number of methoxy groups -OCH3 is 1. The monoisotopic (exact) mass is 423 g/mol. The van der Waals surface area contributed by atoms with Crippen LogP contribution in [0.5, 0.6) is 0 Å². The van der Waals surface area contributed by atoms with Gasteiger partial charge in [0.1, 0.15) is 6.07 Å². The minimum absolute atomic E-state index is 0.0267. The van der Waals surface area contributed by atoms with Crippen molar-refractivity contribution in [3.8, 4) is 6.07 Å². The predicted molar refractivity (Wildman–Crippen MR) is 118 cm³/mol. The Balaban J connectivity index is 1.37. The molecule has 4 saturated carbocycles. The van der Waals surface area contributed by atoms with E-state index in [2.05, 4.69) is 25.0 Å². The van der Waals surface area contributed by atoms with E-state index in [0.29, 0.717) is 17.4 Å². The quantitative estimate of drug-likeness (QED) is 0.694. The van der Waals surface area contributed by atoms with Crippen LogP contribution in [0.1, 0.15) is 70.8 Å². The van der Waals surface area contributed by atoms with E-state index in [1.54, 1.807) is 17.1 Å². The highest BCUT2D eigenvalue weighted by atomic mass is 16.5. The van der Waals surface area contributed by atoms with Gasteiger partial charge >= 0.3 is 0 Å². The van der Waals surface area contributed by atoms with E-state index in [9.17, 15) is 4.79 Å². The lowest BCUT2D eigenvalue weighted by molar-refractivity contribution is -0.132. The number of aromatic nitrogens is 2. The van der Waals surface area contributed by atoms with Gasteiger partial charge < -0.3 is 4.74 Å². The molecule has 0 bridgehead atoms. The first kappa shape index (κ1) is 21.2. The smallest absolute Gasteiger partial charge is 0.157 e. The van der Waals surface area contributed by atoms with Crippen molar-refractivity contribution in [2.24, 2.45) is 46.8 Å². The van der Waals surface area contributed by atoms with Crippen LogP contribution in [0, 0.1) is 58.2 Å². The predicted octanol–water partition coefficient (Wildman–Crippen LogP) is 4.85. The number of Topliss-reactive ketones (excluding diaryl/α,β-unsaturated/α-hetero) is 1. The Bertz CT molecular complexity index is 872. The van der Waals surface area contributed by atoms with Crippen molar-refractivity contribution in [1.82, 2.24) is 9.78 Å². The van der Waals surface area contributed by atoms with Crippen LogP contribution in [0.15, 0.2) is 12.4 Å².